The summed E-state index contributed by atoms with van der Waals surface area (Å²) >= 11 is 0. The SMILES string of the molecule is CCC(C(=O)N1CCc2c(nc(-c3cccnc3)[nH]c2=O)C1)n1cccn1. The number of pyridine rings is 1. The van der Waals surface area contributed by atoms with E-state index in [1.165, 1.54) is 0 Å². The molecule has 1 aliphatic heterocycles. The summed E-state index contributed by atoms with van der Waals surface area (Å²) in [6, 6.07) is 5.10. The first kappa shape index (κ1) is 17.1. The minimum absolute atomic E-state index is 0.00291. The number of carbonyl (C=O) groups excluding carboxylic acids is 1. The maximum atomic E-state index is 13.0. The van der Waals surface area contributed by atoms with Gasteiger partial charge < -0.3 is 9.88 Å². The quantitative estimate of drug-likeness (QED) is 0.758. The van der Waals surface area contributed by atoms with Crippen molar-refractivity contribution in [3.05, 3.63) is 64.6 Å². The third-order valence-electron chi connectivity index (χ3n) is 4.84. The second-order valence-electron chi connectivity index (χ2n) is 6.50. The van der Waals surface area contributed by atoms with Crippen LogP contribution in [0.5, 0.6) is 0 Å². The average molecular weight is 364 g/mol. The summed E-state index contributed by atoms with van der Waals surface area (Å²) in [5.74, 6) is 0.470. The Morgan fingerprint density at radius 2 is 2.22 bits per heavy atom. The zero-order chi connectivity index (χ0) is 18.8. The molecule has 1 unspecified atom stereocenters. The van der Waals surface area contributed by atoms with E-state index in [-0.39, 0.29) is 17.5 Å². The van der Waals surface area contributed by atoms with Gasteiger partial charge in [-0.05, 0) is 31.0 Å². The molecule has 1 amide bonds. The van der Waals surface area contributed by atoms with Gasteiger partial charge in [-0.1, -0.05) is 6.92 Å². The van der Waals surface area contributed by atoms with Gasteiger partial charge in [0, 0.05) is 42.5 Å². The van der Waals surface area contributed by atoms with E-state index in [1.807, 2.05) is 19.1 Å². The number of nitrogens with zero attached hydrogens (tertiary/aromatic N) is 5. The van der Waals surface area contributed by atoms with E-state index >= 15 is 0 Å². The monoisotopic (exact) mass is 364 g/mol. The van der Waals surface area contributed by atoms with Crippen molar-refractivity contribution in [1.29, 1.82) is 0 Å². The van der Waals surface area contributed by atoms with E-state index in [2.05, 4.69) is 20.1 Å². The molecule has 0 spiro atoms. The van der Waals surface area contributed by atoms with E-state index in [4.69, 9.17) is 0 Å². The van der Waals surface area contributed by atoms with Crippen molar-refractivity contribution in [3.8, 4) is 11.4 Å². The van der Waals surface area contributed by atoms with Crippen LogP contribution in [-0.4, -0.2) is 42.1 Å². The smallest absolute Gasteiger partial charge is 0.254 e. The van der Waals surface area contributed by atoms with Crippen LogP contribution in [0, 0.1) is 0 Å². The summed E-state index contributed by atoms with van der Waals surface area (Å²) in [6.07, 6.45) is 7.93. The van der Waals surface area contributed by atoms with Gasteiger partial charge in [-0.3, -0.25) is 19.3 Å². The molecule has 0 saturated heterocycles. The molecule has 3 aromatic heterocycles. The van der Waals surface area contributed by atoms with Gasteiger partial charge in [0.05, 0.1) is 12.2 Å². The number of rotatable bonds is 4. The van der Waals surface area contributed by atoms with Crippen LogP contribution in [-0.2, 0) is 17.8 Å². The first-order valence-electron chi connectivity index (χ1n) is 8.97. The maximum Gasteiger partial charge on any atom is 0.254 e. The molecule has 138 valence electrons. The van der Waals surface area contributed by atoms with E-state index in [0.29, 0.717) is 43.0 Å². The lowest BCUT2D eigenvalue weighted by atomic mass is 10.0. The van der Waals surface area contributed by atoms with Gasteiger partial charge in [-0.2, -0.15) is 5.10 Å². The Kier molecular flexibility index (Phi) is 4.53. The first-order valence-corrected chi connectivity index (χ1v) is 8.97. The summed E-state index contributed by atoms with van der Waals surface area (Å²) in [4.78, 5) is 38.8. The van der Waals surface area contributed by atoms with Crippen LogP contribution >= 0.6 is 0 Å². The van der Waals surface area contributed by atoms with E-state index < -0.39 is 0 Å². The Hall–Kier alpha value is -3.29. The van der Waals surface area contributed by atoms with Crippen molar-refractivity contribution in [2.24, 2.45) is 0 Å². The zero-order valence-corrected chi connectivity index (χ0v) is 15.0. The minimum Gasteiger partial charge on any atom is -0.335 e. The molecule has 1 aliphatic rings. The summed E-state index contributed by atoms with van der Waals surface area (Å²) in [5.41, 5.74) is 1.89. The fraction of sp³-hybridized carbons (Fsp3) is 0.316. The molecule has 0 saturated carbocycles. The molecule has 4 rings (SSSR count). The summed E-state index contributed by atoms with van der Waals surface area (Å²) in [6.45, 7) is 2.79. The minimum atomic E-state index is -0.346. The van der Waals surface area contributed by atoms with Crippen LogP contribution in [0.2, 0.25) is 0 Å². The molecule has 0 radical (unpaired) electrons. The van der Waals surface area contributed by atoms with Crippen molar-refractivity contribution in [3.63, 3.8) is 0 Å². The van der Waals surface area contributed by atoms with Gasteiger partial charge in [0.1, 0.15) is 11.9 Å². The highest BCUT2D eigenvalue weighted by Gasteiger charge is 2.29. The highest BCUT2D eigenvalue weighted by atomic mass is 16.2. The number of aromatic nitrogens is 5. The standard InChI is InChI=1S/C19H20N6O2/c1-2-16(25-9-4-8-21-25)19(27)24-10-6-14-15(12-24)22-17(23-18(14)26)13-5-3-7-20-11-13/h3-5,7-9,11,16H,2,6,10,12H2,1H3,(H,22,23,26). The maximum absolute atomic E-state index is 13.0. The lowest BCUT2D eigenvalue weighted by Crippen LogP contribution is -2.42. The molecule has 0 bridgehead atoms. The second kappa shape index (κ2) is 7.14. The molecule has 27 heavy (non-hydrogen) atoms. The summed E-state index contributed by atoms with van der Waals surface area (Å²) < 4.78 is 1.68. The molecule has 0 aromatic carbocycles. The Labute approximate surface area is 155 Å². The van der Waals surface area contributed by atoms with Crippen molar-refractivity contribution < 1.29 is 4.79 Å². The van der Waals surface area contributed by atoms with Crippen molar-refractivity contribution in [2.45, 2.75) is 32.4 Å². The molecular weight excluding hydrogens is 344 g/mol. The Bertz CT molecular complexity index is 997. The van der Waals surface area contributed by atoms with Gasteiger partial charge >= 0.3 is 0 Å². The number of H-pyrrole nitrogens is 1. The normalized spacial score (nSPS) is 14.6. The number of aromatic amines is 1. The van der Waals surface area contributed by atoms with Crippen LogP contribution in [0.25, 0.3) is 11.4 Å². The Morgan fingerprint density at radius 3 is 2.93 bits per heavy atom. The number of amides is 1. The first-order chi connectivity index (χ1) is 13.2. The predicted octanol–water partition coefficient (Wildman–Crippen LogP) is 1.56. The predicted molar refractivity (Wildman–Crippen MR) is 98.8 cm³/mol. The topological polar surface area (TPSA) is 96.8 Å². The molecule has 1 N–H and O–H groups in total. The largest absolute Gasteiger partial charge is 0.335 e. The van der Waals surface area contributed by atoms with Gasteiger partial charge in [0.15, 0.2) is 0 Å². The molecule has 0 fully saturated rings. The van der Waals surface area contributed by atoms with Crippen molar-refractivity contribution >= 4 is 5.91 Å². The van der Waals surface area contributed by atoms with E-state index in [9.17, 15) is 9.59 Å². The number of hydrogen-bond acceptors (Lipinski definition) is 5. The summed E-state index contributed by atoms with van der Waals surface area (Å²) in [7, 11) is 0. The zero-order valence-electron chi connectivity index (χ0n) is 15.0. The number of nitrogens with one attached hydrogen (secondary N) is 1. The second-order valence-corrected chi connectivity index (χ2v) is 6.50. The van der Waals surface area contributed by atoms with Gasteiger partial charge in [-0.15, -0.1) is 0 Å². The third-order valence-corrected chi connectivity index (χ3v) is 4.84. The lowest BCUT2D eigenvalue weighted by Gasteiger charge is -2.30. The number of carbonyl (C=O) groups is 1. The van der Waals surface area contributed by atoms with E-state index in [1.54, 1.807) is 40.4 Å². The van der Waals surface area contributed by atoms with Gasteiger partial charge in [-0.25, -0.2) is 4.98 Å². The average Bonchev–Trinajstić information content (AvgIpc) is 3.23. The van der Waals surface area contributed by atoms with Gasteiger partial charge in [0.25, 0.3) is 5.56 Å². The van der Waals surface area contributed by atoms with Crippen LogP contribution in [0.1, 0.15) is 30.6 Å². The van der Waals surface area contributed by atoms with Crippen LogP contribution in [0.3, 0.4) is 0 Å². The van der Waals surface area contributed by atoms with Gasteiger partial charge in [0.2, 0.25) is 5.91 Å². The molecule has 3 aromatic rings. The Morgan fingerprint density at radius 1 is 1.33 bits per heavy atom. The molecule has 1 atom stereocenters. The number of hydrogen-bond donors (Lipinski definition) is 1. The van der Waals surface area contributed by atoms with E-state index in [0.717, 1.165) is 5.56 Å². The molecule has 8 nitrogen and oxygen atoms in total. The van der Waals surface area contributed by atoms with Crippen molar-refractivity contribution in [1.82, 2.24) is 29.6 Å². The Balaban J connectivity index is 1.63. The number of fused-ring (bicyclic) bond motifs is 1. The molecule has 8 heteroatoms. The lowest BCUT2D eigenvalue weighted by molar-refractivity contribution is -0.136. The van der Waals surface area contributed by atoms with Crippen LogP contribution < -0.4 is 5.56 Å². The van der Waals surface area contributed by atoms with Crippen molar-refractivity contribution in [2.75, 3.05) is 6.54 Å². The van der Waals surface area contributed by atoms with Crippen LogP contribution in [0.4, 0.5) is 0 Å². The molecule has 0 aliphatic carbocycles. The van der Waals surface area contributed by atoms with Crippen LogP contribution in [0.15, 0.2) is 47.8 Å². The highest BCUT2D eigenvalue weighted by molar-refractivity contribution is 5.80. The summed E-state index contributed by atoms with van der Waals surface area (Å²) in [5, 5.41) is 4.21. The fourth-order valence-corrected chi connectivity index (χ4v) is 3.42. The highest BCUT2D eigenvalue weighted by Crippen LogP contribution is 2.21. The fourth-order valence-electron chi connectivity index (χ4n) is 3.42. The molecule has 4 heterocycles. The molecular formula is C19H20N6O2. The third kappa shape index (κ3) is 3.25.